The number of aryl methyl sites for hydroxylation is 1. The Morgan fingerprint density at radius 3 is 2.60 bits per heavy atom. The molecule has 0 spiro atoms. The predicted octanol–water partition coefficient (Wildman–Crippen LogP) is 2.81. The van der Waals surface area contributed by atoms with Crippen molar-refractivity contribution >= 4 is 16.8 Å². The second-order valence-corrected chi connectivity index (χ2v) is 6.00. The molecule has 1 N–H and O–H groups in total. The Morgan fingerprint density at radius 2 is 1.84 bits per heavy atom. The maximum atomic E-state index is 12.9. The van der Waals surface area contributed by atoms with Gasteiger partial charge < -0.3 is 5.32 Å². The van der Waals surface area contributed by atoms with E-state index in [1.165, 1.54) is 16.7 Å². The smallest absolute Gasteiger partial charge is 0.254 e. The molecule has 0 unspecified atom stereocenters. The molecule has 0 radical (unpaired) electrons. The highest BCUT2D eigenvalue weighted by molar-refractivity contribution is 5.82. The van der Waals surface area contributed by atoms with Crippen LogP contribution < -0.4 is 10.9 Å². The van der Waals surface area contributed by atoms with Crippen molar-refractivity contribution < 1.29 is 9.18 Å². The summed E-state index contributed by atoms with van der Waals surface area (Å²) in [5.74, 6) is -0.501. The first-order valence-corrected chi connectivity index (χ1v) is 8.15. The van der Waals surface area contributed by atoms with Crippen LogP contribution in [0.5, 0.6) is 0 Å². The number of benzene rings is 2. The Bertz CT molecular complexity index is 962. The minimum absolute atomic E-state index is 0.0234. The standard InChI is InChI=1S/C20H19FN2O2/c1-14-12-16-4-2-3-5-18(16)23(20(14)25)13-19(24)22-11-10-15-6-8-17(21)9-7-15/h2-9,12H,10-11,13H2,1H3,(H,22,24). The SMILES string of the molecule is Cc1cc2ccccc2n(CC(=O)NCCc2ccc(F)cc2)c1=O. The van der Waals surface area contributed by atoms with Gasteiger partial charge in [0.05, 0.1) is 5.52 Å². The normalized spacial score (nSPS) is 10.8. The van der Waals surface area contributed by atoms with Gasteiger partial charge in [0.15, 0.2) is 0 Å². The minimum atomic E-state index is -0.279. The zero-order chi connectivity index (χ0) is 17.8. The van der Waals surface area contributed by atoms with Gasteiger partial charge in [-0.05, 0) is 48.6 Å². The Balaban J connectivity index is 1.69. The van der Waals surface area contributed by atoms with Crippen LogP contribution in [0.15, 0.2) is 59.4 Å². The van der Waals surface area contributed by atoms with Gasteiger partial charge in [-0.1, -0.05) is 30.3 Å². The van der Waals surface area contributed by atoms with Crippen molar-refractivity contribution in [3.05, 3.63) is 81.9 Å². The summed E-state index contributed by atoms with van der Waals surface area (Å²) in [5, 5.41) is 3.74. The van der Waals surface area contributed by atoms with Crippen molar-refractivity contribution in [1.82, 2.24) is 9.88 Å². The Hall–Kier alpha value is -2.95. The van der Waals surface area contributed by atoms with Gasteiger partial charge in [0.2, 0.25) is 5.91 Å². The second-order valence-electron chi connectivity index (χ2n) is 6.00. The van der Waals surface area contributed by atoms with Gasteiger partial charge in [0, 0.05) is 12.1 Å². The largest absolute Gasteiger partial charge is 0.354 e. The third-order valence-electron chi connectivity index (χ3n) is 4.13. The zero-order valence-corrected chi connectivity index (χ0v) is 14.0. The number of rotatable bonds is 5. The second kappa shape index (κ2) is 7.30. The molecule has 2 aromatic carbocycles. The van der Waals surface area contributed by atoms with E-state index in [2.05, 4.69) is 5.32 Å². The average molecular weight is 338 g/mol. The summed E-state index contributed by atoms with van der Waals surface area (Å²) >= 11 is 0. The van der Waals surface area contributed by atoms with Crippen molar-refractivity contribution in [1.29, 1.82) is 0 Å². The third kappa shape index (κ3) is 3.94. The van der Waals surface area contributed by atoms with Crippen LogP contribution in [-0.4, -0.2) is 17.0 Å². The van der Waals surface area contributed by atoms with Crippen molar-refractivity contribution in [2.45, 2.75) is 19.9 Å². The van der Waals surface area contributed by atoms with Crippen LogP contribution in [0.3, 0.4) is 0 Å². The van der Waals surface area contributed by atoms with Crippen LogP contribution in [0.1, 0.15) is 11.1 Å². The molecule has 0 fully saturated rings. The van der Waals surface area contributed by atoms with E-state index in [1.807, 2.05) is 30.3 Å². The van der Waals surface area contributed by atoms with Crippen LogP contribution in [0, 0.1) is 12.7 Å². The summed E-state index contributed by atoms with van der Waals surface area (Å²) in [6.45, 7) is 2.16. The van der Waals surface area contributed by atoms with E-state index in [9.17, 15) is 14.0 Å². The Kier molecular flexibility index (Phi) is 4.93. The number of hydrogen-bond donors (Lipinski definition) is 1. The lowest BCUT2D eigenvalue weighted by molar-refractivity contribution is -0.121. The van der Waals surface area contributed by atoms with Crippen LogP contribution >= 0.6 is 0 Å². The number of fused-ring (bicyclic) bond motifs is 1. The quantitative estimate of drug-likeness (QED) is 0.778. The number of pyridine rings is 1. The zero-order valence-electron chi connectivity index (χ0n) is 14.0. The van der Waals surface area contributed by atoms with Crippen LogP contribution in [0.25, 0.3) is 10.9 Å². The Labute approximate surface area is 144 Å². The van der Waals surface area contributed by atoms with Gasteiger partial charge in [-0.25, -0.2) is 4.39 Å². The highest BCUT2D eigenvalue weighted by atomic mass is 19.1. The average Bonchev–Trinajstić information content (AvgIpc) is 2.60. The minimum Gasteiger partial charge on any atom is -0.354 e. The van der Waals surface area contributed by atoms with Gasteiger partial charge in [0.1, 0.15) is 12.4 Å². The number of nitrogens with one attached hydrogen (secondary N) is 1. The Morgan fingerprint density at radius 1 is 1.12 bits per heavy atom. The molecule has 3 aromatic rings. The number of para-hydroxylation sites is 1. The molecule has 0 saturated carbocycles. The number of aromatic nitrogens is 1. The summed E-state index contributed by atoms with van der Waals surface area (Å²) in [7, 11) is 0. The molecule has 1 heterocycles. The summed E-state index contributed by atoms with van der Waals surface area (Å²) in [6.07, 6.45) is 0.607. The van der Waals surface area contributed by atoms with Crippen molar-refractivity contribution in [2.75, 3.05) is 6.54 Å². The summed E-state index contributed by atoms with van der Waals surface area (Å²) in [4.78, 5) is 24.6. The van der Waals surface area contributed by atoms with Gasteiger partial charge in [-0.2, -0.15) is 0 Å². The van der Waals surface area contributed by atoms with Crippen molar-refractivity contribution in [2.24, 2.45) is 0 Å². The van der Waals surface area contributed by atoms with E-state index in [-0.39, 0.29) is 23.8 Å². The summed E-state index contributed by atoms with van der Waals surface area (Å²) in [5.41, 5.74) is 2.14. The summed E-state index contributed by atoms with van der Waals surface area (Å²) < 4.78 is 14.4. The van der Waals surface area contributed by atoms with Gasteiger partial charge in [-0.15, -0.1) is 0 Å². The monoisotopic (exact) mass is 338 g/mol. The molecule has 0 atom stereocenters. The molecule has 0 aliphatic rings. The molecule has 25 heavy (non-hydrogen) atoms. The van der Waals surface area contributed by atoms with E-state index in [4.69, 9.17) is 0 Å². The molecular weight excluding hydrogens is 319 g/mol. The molecule has 0 bridgehead atoms. The fraction of sp³-hybridized carbons (Fsp3) is 0.200. The molecule has 4 nitrogen and oxygen atoms in total. The van der Waals surface area contributed by atoms with Crippen LogP contribution in [0.4, 0.5) is 4.39 Å². The first-order chi connectivity index (χ1) is 12.0. The number of carbonyl (C=O) groups is 1. The lowest BCUT2D eigenvalue weighted by atomic mass is 10.1. The lowest BCUT2D eigenvalue weighted by Crippen LogP contribution is -2.34. The molecule has 128 valence electrons. The molecule has 5 heteroatoms. The highest BCUT2D eigenvalue weighted by Gasteiger charge is 2.10. The predicted molar refractivity (Wildman–Crippen MR) is 96.1 cm³/mol. The maximum absolute atomic E-state index is 12.9. The van der Waals surface area contributed by atoms with Crippen molar-refractivity contribution in [3.8, 4) is 0 Å². The number of amides is 1. The molecule has 0 aliphatic heterocycles. The summed E-state index contributed by atoms with van der Waals surface area (Å²) in [6, 6.07) is 15.5. The fourth-order valence-corrected chi connectivity index (χ4v) is 2.83. The van der Waals surface area contributed by atoms with Gasteiger partial charge in [0.25, 0.3) is 5.56 Å². The molecule has 1 aromatic heterocycles. The van der Waals surface area contributed by atoms with Crippen LogP contribution in [0.2, 0.25) is 0 Å². The topological polar surface area (TPSA) is 51.1 Å². The molecule has 1 amide bonds. The molecule has 0 aliphatic carbocycles. The first kappa shape index (κ1) is 16.9. The number of halogens is 1. The third-order valence-corrected chi connectivity index (χ3v) is 4.13. The van der Waals surface area contributed by atoms with E-state index in [1.54, 1.807) is 19.1 Å². The number of hydrogen-bond acceptors (Lipinski definition) is 2. The number of carbonyl (C=O) groups excluding carboxylic acids is 1. The highest BCUT2D eigenvalue weighted by Crippen LogP contribution is 2.12. The molecular formula is C20H19FN2O2. The fourth-order valence-electron chi connectivity index (χ4n) is 2.83. The van der Waals surface area contributed by atoms with E-state index in [0.29, 0.717) is 18.5 Å². The maximum Gasteiger partial charge on any atom is 0.254 e. The molecule has 3 rings (SSSR count). The lowest BCUT2D eigenvalue weighted by Gasteiger charge is -2.12. The van der Waals surface area contributed by atoms with E-state index >= 15 is 0 Å². The van der Waals surface area contributed by atoms with Gasteiger partial charge >= 0.3 is 0 Å². The first-order valence-electron chi connectivity index (χ1n) is 8.15. The van der Waals surface area contributed by atoms with Crippen molar-refractivity contribution in [3.63, 3.8) is 0 Å². The van der Waals surface area contributed by atoms with E-state index < -0.39 is 0 Å². The van der Waals surface area contributed by atoms with Crippen LogP contribution in [-0.2, 0) is 17.8 Å². The molecule has 0 saturated heterocycles. The number of nitrogens with zero attached hydrogens (tertiary/aromatic N) is 1. The van der Waals surface area contributed by atoms with Gasteiger partial charge in [-0.3, -0.25) is 14.2 Å². The van der Waals surface area contributed by atoms with E-state index in [0.717, 1.165) is 16.5 Å².